The predicted molar refractivity (Wildman–Crippen MR) is 111 cm³/mol. The molecule has 0 bridgehead atoms. The molecule has 27 heavy (non-hydrogen) atoms. The van der Waals surface area contributed by atoms with Gasteiger partial charge in [0.1, 0.15) is 11.5 Å². The Morgan fingerprint density at radius 1 is 0.704 bits per heavy atom. The summed E-state index contributed by atoms with van der Waals surface area (Å²) in [6, 6.07) is 23.7. The molecule has 0 atom stereocenters. The lowest BCUT2D eigenvalue weighted by Crippen LogP contribution is -1.88. The zero-order valence-electron chi connectivity index (χ0n) is 15.5. The highest BCUT2D eigenvalue weighted by atomic mass is 16.5. The number of nitrogens with zero attached hydrogens (tertiary/aromatic N) is 2. The average molecular weight is 358 g/mol. The Morgan fingerprint density at radius 2 is 1.26 bits per heavy atom. The number of aliphatic imine (C=N–C) groups is 2. The molecular formula is C23H22N2O2. The highest BCUT2D eigenvalue weighted by Crippen LogP contribution is 2.20. The van der Waals surface area contributed by atoms with Gasteiger partial charge < -0.3 is 9.47 Å². The summed E-state index contributed by atoms with van der Waals surface area (Å²) in [6.07, 6.45) is 3.72. The zero-order chi connectivity index (χ0) is 18.9. The van der Waals surface area contributed by atoms with Crippen molar-refractivity contribution in [1.29, 1.82) is 0 Å². The summed E-state index contributed by atoms with van der Waals surface area (Å²) in [7, 11) is 3.32. The van der Waals surface area contributed by atoms with Crippen molar-refractivity contribution in [2.45, 2.75) is 6.54 Å². The summed E-state index contributed by atoms with van der Waals surface area (Å²) in [4.78, 5) is 9.17. The fourth-order valence-corrected chi connectivity index (χ4v) is 2.54. The molecule has 4 heteroatoms. The molecule has 0 N–H and O–H groups in total. The van der Waals surface area contributed by atoms with Gasteiger partial charge in [-0.2, -0.15) is 0 Å². The molecule has 0 heterocycles. The number of para-hydroxylation sites is 1. The molecule has 0 aliphatic carbocycles. The van der Waals surface area contributed by atoms with Crippen LogP contribution in [0.5, 0.6) is 11.5 Å². The van der Waals surface area contributed by atoms with Crippen LogP contribution in [0.2, 0.25) is 0 Å². The van der Waals surface area contributed by atoms with E-state index in [4.69, 9.17) is 9.47 Å². The van der Waals surface area contributed by atoms with E-state index < -0.39 is 0 Å². The van der Waals surface area contributed by atoms with E-state index in [0.717, 1.165) is 33.9 Å². The van der Waals surface area contributed by atoms with E-state index in [0.29, 0.717) is 6.54 Å². The minimum absolute atomic E-state index is 0.572. The molecule has 0 amide bonds. The van der Waals surface area contributed by atoms with Crippen LogP contribution in [-0.2, 0) is 6.54 Å². The quantitative estimate of drug-likeness (QED) is 0.553. The molecule has 0 spiro atoms. The van der Waals surface area contributed by atoms with Gasteiger partial charge in [0.05, 0.1) is 26.5 Å². The van der Waals surface area contributed by atoms with Crippen LogP contribution in [0.1, 0.15) is 16.7 Å². The third-order valence-corrected chi connectivity index (χ3v) is 4.08. The highest BCUT2D eigenvalue weighted by molar-refractivity contribution is 5.82. The molecule has 0 radical (unpaired) electrons. The van der Waals surface area contributed by atoms with Gasteiger partial charge >= 0.3 is 0 Å². The third kappa shape index (κ3) is 5.28. The average Bonchev–Trinajstić information content (AvgIpc) is 2.74. The van der Waals surface area contributed by atoms with Crippen molar-refractivity contribution >= 4 is 18.1 Å². The van der Waals surface area contributed by atoms with Crippen molar-refractivity contribution in [3.05, 3.63) is 89.5 Å². The van der Waals surface area contributed by atoms with Gasteiger partial charge in [0, 0.05) is 12.4 Å². The first-order valence-corrected chi connectivity index (χ1v) is 8.68. The van der Waals surface area contributed by atoms with Crippen molar-refractivity contribution < 1.29 is 9.47 Å². The smallest absolute Gasteiger partial charge is 0.118 e. The second-order valence-electron chi connectivity index (χ2n) is 5.90. The summed E-state index contributed by atoms with van der Waals surface area (Å²) in [5.74, 6) is 1.67. The predicted octanol–water partition coefficient (Wildman–Crippen LogP) is 5.07. The number of methoxy groups -OCH3 is 2. The van der Waals surface area contributed by atoms with Gasteiger partial charge in [-0.15, -0.1) is 0 Å². The molecule has 0 saturated heterocycles. The van der Waals surface area contributed by atoms with Gasteiger partial charge in [-0.25, -0.2) is 0 Å². The van der Waals surface area contributed by atoms with Crippen LogP contribution < -0.4 is 9.47 Å². The van der Waals surface area contributed by atoms with Crippen molar-refractivity contribution in [1.82, 2.24) is 0 Å². The standard InChI is InChI=1S/C23H22N2O2/c1-26-21-11-7-18(8-12-21)15-24-17-20-5-3-4-6-23(20)25-16-19-9-13-22(27-2)14-10-19/h3-16H,17H2,1-2H3. The van der Waals surface area contributed by atoms with Crippen LogP contribution in [0.15, 0.2) is 82.8 Å². The first-order valence-electron chi connectivity index (χ1n) is 8.68. The van der Waals surface area contributed by atoms with Crippen LogP contribution in [-0.4, -0.2) is 26.6 Å². The molecule has 3 rings (SSSR count). The normalized spacial score (nSPS) is 11.2. The first-order chi connectivity index (χ1) is 13.3. The lowest BCUT2D eigenvalue weighted by Gasteiger charge is -2.03. The molecule has 0 unspecified atom stereocenters. The molecule has 4 nitrogen and oxygen atoms in total. The lowest BCUT2D eigenvalue weighted by atomic mass is 10.1. The van der Waals surface area contributed by atoms with Crippen LogP contribution in [0.3, 0.4) is 0 Å². The fourth-order valence-electron chi connectivity index (χ4n) is 2.54. The number of hydrogen-bond acceptors (Lipinski definition) is 4. The first kappa shape index (κ1) is 18.4. The minimum atomic E-state index is 0.572. The summed E-state index contributed by atoms with van der Waals surface area (Å²) in [6.45, 7) is 0.572. The monoisotopic (exact) mass is 358 g/mol. The Hall–Kier alpha value is -3.40. The molecule has 0 fully saturated rings. The van der Waals surface area contributed by atoms with Crippen LogP contribution >= 0.6 is 0 Å². The number of ether oxygens (including phenoxy) is 2. The minimum Gasteiger partial charge on any atom is -0.497 e. The van der Waals surface area contributed by atoms with E-state index in [2.05, 4.69) is 9.98 Å². The zero-order valence-corrected chi connectivity index (χ0v) is 15.5. The van der Waals surface area contributed by atoms with Gasteiger partial charge in [-0.1, -0.05) is 18.2 Å². The van der Waals surface area contributed by atoms with Gasteiger partial charge in [-0.05, 0) is 71.3 Å². The maximum absolute atomic E-state index is 5.18. The Morgan fingerprint density at radius 3 is 1.85 bits per heavy atom. The van der Waals surface area contributed by atoms with Crippen LogP contribution in [0.25, 0.3) is 0 Å². The topological polar surface area (TPSA) is 43.2 Å². The number of rotatable bonds is 7. The van der Waals surface area contributed by atoms with E-state index in [1.807, 2.05) is 85.2 Å². The summed E-state index contributed by atoms with van der Waals surface area (Å²) in [5.41, 5.74) is 4.05. The molecule has 3 aromatic carbocycles. The van der Waals surface area contributed by atoms with E-state index in [-0.39, 0.29) is 0 Å². The number of hydrogen-bond donors (Lipinski definition) is 0. The van der Waals surface area contributed by atoms with E-state index in [1.54, 1.807) is 14.2 Å². The Bertz CT molecular complexity index is 914. The third-order valence-electron chi connectivity index (χ3n) is 4.08. The Balaban J connectivity index is 1.69. The molecule has 0 aromatic heterocycles. The summed E-state index contributed by atoms with van der Waals surface area (Å²) < 4.78 is 10.3. The second kappa shape index (κ2) is 9.34. The van der Waals surface area contributed by atoms with Crippen molar-refractivity contribution in [2.75, 3.05) is 14.2 Å². The summed E-state index contributed by atoms with van der Waals surface area (Å²) in [5, 5.41) is 0. The van der Waals surface area contributed by atoms with Crippen LogP contribution in [0, 0.1) is 0 Å². The number of benzene rings is 3. The molecule has 3 aromatic rings. The molecular weight excluding hydrogens is 336 g/mol. The van der Waals surface area contributed by atoms with E-state index in [1.165, 1.54) is 0 Å². The van der Waals surface area contributed by atoms with E-state index in [9.17, 15) is 0 Å². The Kier molecular flexibility index (Phi) is 6.36. The van der Waals surface area contributed by atoms with Crippen molar-refractivity contribution in [3.8, 4) is 11.5 Å². The summed E-state index contributed by atoms with van der Waals surface area (Å²) >= 11 is 0. The molecule has 136 valence electrons. The SMILES string of the molecule is COc1ccc(C=NCc2ccccc2N=Cc2ccc(OC)cc2)cc1. The highest BCUT2D eigenvalue weighted by Gasteiger charge is 1.99. The molecule has 0 aliphatic heterocycles. The fraction of sp³-hybridized carbons (Fsp3) is 0.130. The van der Waals surface area contributed by atoms with Crippen molar-refractivity contribution in [2.24, 2.45) is 9.98 Å². The Labute approximate surface area is 159 Å². The second-order valence-corrected chi connectivity index (χ2v) is 5.90. The lowest BCUT2D eigenvalue weighted by molar-refractivity contribution is 0.414. The maximum atomic E-state index is 5.18. The van der Waals surface area contributed by atoms with Gasteiger partial charge in [0.2, 0.25) is 0 Å². The van der Waals surface area contributed by atoms with Crippen molar-refractivity contribution in [3.63, 3.8) is 0 Å². The molecule has 0 aliphatic rings. The van der Waals surface area contributed by atoms with E-state index >= 15 is 0 Å². The molecule has 0 saturated carbocycles. The maximum Gasteiger partial charge on any atom is 0.118 e. The largest absolute Gasteiger partial charge is 0.497 e. The van der Waals surface area contributed by atoms with Gasteiger partial charge in [0.25, 0.3) is 0 Å². The van der Waals surface area contributed by atoms with Gasteiger partial charge in [-0.3, -0.25) is 9.98 Å². The van der Waals surface area contributed by atoms with Gasteiger partial charge in [0.15, 0.2) is 0 Å². The van der Waals surface area contributed by atoms with Crippen LogP contribution in [0.4, 0.5) is 5.69 Å².